The van der Waals surface area contributed by atoms with E-state index in [1.54, 1.807) is 11.8 Å². The van der Waals surface area contributed by atoms with Crippen molar-refractivity contribution >= 4 is 17.7 Å². The molecule has 0 bridgehead atoms. The van der Waals surface area contributed by atoms with Crippen molar-refractivity contribution in [2.45, 2.75) is 19.5 Å². The number of hydrogen-bond donors (Lipinski definition) is 1. The number of amides is 1. The van der Waals surface area contributed by atoms with Crippen molar-refractivity contribution in [1.82, 2.24) is 15.1 Å². The van der Waals surface area contributed by atoms with Gasteiger partial charge >= 0.3 is 0 Å². The lowest BCUT2D eigenvalue weighted by molar-refractivity contribution is -0.133. The molecule has 1 N–H and O–H groups in total. The Kier molecular flexibility index (Phi) is 6.54. The number of hydrogen-bond acceptors (Lipinski definition) is 5. The van der Waals surface area contributed by atoms with E-state index in [9.17, 15) is 4.79 Å². The lowest BCUT2D eigenvalue weighted by Gasteiger charge is -2.31. The summed E-state index contributed by atoms with van der Waals surface area (Å²) in [6.07, 6.45) is 0. The maximum atomic E-state index is 12.9. The predicted molar refractivity (Wildman–Crippen MR) is 98.1 cm³/mol. The van der Waals surface area contributed by atoms with E-state index in [1.165, 1.54) is 11.1 Å². The number of morpholine rings is 1. The third-order valence-electron chi connectivity index (χ3n) is 4.57. The summed E-state index contributed by atoms with van der Waals surface area (Å²) in [5.74, 6) is 1.98. The predicted octanol–water partition coefficient (Wildman–Crippen LogP) is 1.32. The van der Waals surface area contributed by atoms with Gasteiger partial charge in [-0.3, -0.25) is 15.0 Å². The standard InChI is InChI=1S/C18H27N3O2S/c1-15-3-2-4-16(11-15)12-21(18(22)17-13-24-14-19-17)6-5-20-7-9-23-10-8-20/h2-4,11,17,19H,5-10,12-14H2,1H3. The third kappa shape index (κ3) is 4.96. The second kappa shape index (κ2) is 8.85. The van der Waals surface area contributed by atoms with Crippen molar-refractivity contribution in [2.24, 2.45) is 0 Å². The van der Waals surface area contributed by atoms with Gasteiger partial charge in [0.15, 0.2) is 0 Å². The summed E-state index contributed by atoms with van der Waals surface area (Å²) in [5.41, 5.74) is 2.44. The fraction of sp³-hybridized carbons (Fsp3) is 0.611. The smallest absolute Gasteiger partial charge is 0.240 e. The minimum absolute atomic E-state index is 0.0375. The third-order valence-corrected chi connectivity index (χ3v) is 5.51. The van der Waals surface area contributed by atoms with Crippen LogP contribution >= 0.6 is 11.8 Å². The van der Waals surface area contributed by atoms with Crippen molar-refractivity contribution < 1.29 is 9.53 Å². The lowest BCUT2D eigenvalue weighted by atomic mass is 10.1. The van der Waals surface area contributed by atoms with Crippen LogP contribution in [0.2, 0.25) is 0 Å². The highest BCUT2D eigenvalue weighted by Gasteiger charge is 2.27. The largest absolute Gasteiger partial charge is 0.379 e. The minimum Gasteiger partial charge on any atom is -0.379 e. The molecule has 0 saturated carbocycles. The number of nitrogens with zero attached hydrogens (tertiary/aromatic N) is 2. The molecule has 2 saturated heterocycles. The van der Waals surface area contributed by atoms with E-state index in [4.69, 9.17) is 4.74 Å². The Morgan fingerprint density at radius 1 is 1.42 bits per heavy atom. The number of aryl methyl sites for hydroxylation is 1. The second-order valence-electron chi connectivity index (χ2n) is 6.47. The molecule has 0 radical (unpaired) electrons. The van der Waals surface area contributed by atoms with Crippen molar-refractivity contribution in [2.75, 3.05) is 51.0 Å². The van der Waals surface area contributed by atoms with Gasteiger partial charge in [-0.25, -0.2) is 0 Å². The maximum Gasteiger partial charge on any atom is 0.240 e. The Morgan fingerprint density at radius 2 is 2.25 bits per heavy atom. The second-order valence-corrected chi connectivity index (χ2v) is 7.50. The number of rotatable bonds is 6. The summed E-state index contributed by atoms with van der Waals surface area (Å²) < 4.78 is 5.41. The van der Waals surface area contributed by atoms with Crippen LogP contribution in [-0.4, -0.2) is 72.8 Å². The SMILES string of the molecule is Cc1cccc(CN(CCN2CCOCC2)C(=O)C2CSCN2)c1. The molecule has 132 valence electrons. The van der Waals surface area contributed by atoms with Gasteiger partial charge in [-0.05, 0) is 12.5 Å². The molecule has 0 aromatic heterocycles. The van der Waals surface area contributed by atoms with Crippen molar-refractivity contribution in [1.29, 1.82) is 0 Å². The zero-order chi connectivity index (χ0) is 16.8. The summed E-state index contributed by atoms with van der Waals surface area (Å²) in [5, 5.41) is 3.31. The number of benzene rings is 1. The van der Waals surface area contributed by atoms with E-state index in [1.807, 2.05) is 4.90 Å². The van der Waals surface area contributed by atoms with Gasteiger partial charge < -0.3 is 9.64 Å². The molecule has 6 heteroatoms. The van der Waals surface area contributed by atoms with E-state index in [2.05, 4.69) is 41.4 Å². The summed E-state index contributed by atoms with van der Waals surface area (Å²) in [6, 6.07) is 8.41. The number of thioether (sulfide) groups is 1. The fourth-order valence-electron chi connectivity index (χ4n) is 3.16. The summed E-state index contributed by atoms with van der Waals surface area (Å²) in [4.78, 5) is 17.3. The summed E-state index contributed by atoms with van der Waals surface area (Å²) in [6.45, 7) is 8.00. The summed E-state index contributed by atoms with van der Waals surface area (Å²) in [7, 11) is 0. The molecular formula is C18H27N3O2S. The molecule has 2 fully saturated rings. The topological polar surface area (TPSA) is 44.8 Å². The van der Waals surface area contributed by atoms with Gasteiger partial charge in [0, 0.05) is 44.4 Å². The van der Waals surface area contributed by atoms with Gasteiger partial charge in [0.25, 0.3) is 0 Å². The van der Waals surface area contributed by atoms with Crippen LogP contribution in [0.3, 0.4) is 0 Å². The fourth-order valence-corrected chi connectivity index (χ4v) is 4.09. The molecule has 2 aliphatic heterocycles. The van der Waals surface area contributed by atoms with Crippen molar-refractivity contribution in [3.8, 4) is 0 Å². The van der Waals surface area contributed by atoms with Crippen LogP contribution in [0, 0.1) is 6.92 Å². The van der Waals surface area contributed by atoms with Crippen LogP contribution in [0.1, 0.15) is 11.1 Å². The average Bonchev–Trinajstić information content (AvgIpc) is 3.13. The Balaban J connectivity index is 1.63. The Hall–Kier alpha value is -1.08. The van der Waals surface area contributed by atoms with Gasteiger partial charge in [0.2, 0.25) is 5.91 Å². The molecule has 3 rings (SSSR count). The number of carbonyl (C=O) groups excluding carboxylic acids is 1. The average molecular weight is 350 g/mol. The van der Waals surface area contributed by atoms with E-state index in [0.717, 1.165) is 51.0 Å². The van der Waals surface area contributed by atoms with Gasteiger partial charge in [0.05, 0.1) is 19.3 Å². The number of nitrogens with one attached hydrogen (secondary N) is 1. The van der Waals surface area contributed by atoms with Crippen molar-refractivity contribution in [3.05, 3.63) is 35.4 Å². The molecule has 24 heavy (non-hydrogen) atoms. The van der Waals surface area contributed by atoms with E-state index in [-0.39, 0.29) is 11.9 Å². The molecule has 0 aliphatic carbocycles. The Bertz CT molecular complexity index is 543. The molecule has 1 unspecified atom stereocenters. The van der Waals surface area contributed by atoms with E-state index >= 15 is 0 Å². The van der Waals surface area contributed by atoms with Gasteiger partial charge in [-0.2, -0.15) is 0 Å². The monoisotopic (exact) mass is 349 g/mol. The molecule has 2 heterocycles. The molecule has 1 aromatic rings. The normalized spacial score (nSPS) is 21.8. The zero-order valence-corrected chi connectivity index (χ0v) is 15.2. The number of ether oxygens (including phenoxy) is 1. The molecule has 2 aliphatic rings. The van der Waals surface area contributed by atoms with Crippen LogP contribution in [0.4, 0.5) is 0 Å². The van der Waals surface area contributed by atoms with E-state index < -0.39 is 0 Å². The van der Waals surface area contributed by atoms with Gasteiger partial charge in [-0.1, -0.05) is 29.8 Å². The first-order chi connectivity index (χ1) is 11.7. The quantitative estimate of drug-likeness (QED) is 0.839. The molecule has 0 spiro atoms. The van der Waals surface area contributed by atoms with Crippen LogP contribution in [0.15, 0.2) is 24.3 Å². The molecule has 5 nitrogen and oxygen atoms in total. The highest BCUT2D eigenvalue weighted by atomic mass is 32.2. The number of carbonyl (C=O) groups is 1. The first-order valence-corrected chi connectivity index (χ1v) is 9.83. The van der Waals surface area contributed by atoms with Crippen LogP contribution < -0.4 is 5.32 Å². The van der Waals surface area contributed by atoms with Gasteiger partial charge in [-0.15, -0.1) is 11.8 Å². The molecule has 1 amide bonds. The van der Waals surface area contributed by atoms with Crippen LogP contribution in [0.5, 0.6) is 0 Å². The van der Waals surface area contributed by atoms with Crippen LogP contribution in [-0.2, 0) is 16.1 Å². The first kappa shape index (κ1) is 17.7. The van der Waals surface area contributed by atoms with Gasteiger partial charge in [0.1, 0.15) is 0 Å². The van der Waals surface area contributed by atoms with Crippen molar-refractivity contribution in [3.63, 3.8) is 0 Å². The first-order valence-electron chi connectivity index (χ1n) is 8.68. The molecule has 1 aromatic carbocycles. The Labute approximate surface area is 148 Å². The lowest BCUT2D eigenvalue weighted by Crippen LogP contribution is -2.48. The Morgan fingerprint density at radius 3 is 2.96 bits per heavy atom. The highest BCUT2D eigenvalue weighted by molar-refractivity contribution is 7.99. The summed E-state index contributed by atoms with van der Waals surface area (Å²) >= 11 is 1.80. The highest BCUT2D eigenvalue weighted by Crippen LogP contribution is 2.15. The maximum absolute atomic E-state index is 12.9. The molecular weight excluding hydrogens is 322 g/mol. The molecule has 1 atom stereocenters. The zero-order valence-electron chi connectivity index (χ0n) is 14.4. The van der Waals surface area contributed by atoms with Crippen LogP contribution in [0.25, 0.3) is 0 Å². The minimum atomic E-state index is -0.0375. The van der Waals surface area contributed by atoms with E-state index in [0.29, 0.717) is 6.54 Å².